The van der Waals surface area contributed by atoms with Gasteiger partial charge in [-0.25, -0.2) is 0 Å². The van der Waals surface area contributed by atoms with Crippen LogP contribution in [0.2, 0.25) is 0 Å². The Morgan fingerprint density at radius 1 is 1.35 bits per heavy atom. The molecule has 3 unspecified atom stereocenters. The summed E-state index contributed by atoms with van der Waals surface area (Å²) in [5, 5.41) is 12.3. The third kappa shape index (κ3) is 3.66. The highest BCUT2D eigenvalue weighted by Gasteiger charge is 2.76. The molecule has 3 fully saturated rings. The number of hydrogen-bond donors (Lipinski definition) is 2. The smallest absolute Gasteiger partial charge is 0.312 e. The van der Waals surface area contributed by atoms with Crippen molar-refractivity contribution in [2.24, 2.45) is 11.8 Å². The lowest BCUT2D eigenvalue weighted by atomic mass is 9.70. The van der Waals surface area contributed by atoms with Crippen LogP contribution in [0.1, 0.15) is 25.3 Å². The predicted octanol–water partition coefficient (Wildman–Crippen LogP) is 0.996. The maximum absolute atomic E-state index is 13.5. The molecule has 3 aliphatic heterocycles. The molecule has 1 spiro atoms. The largest absolute Gasteiger partial charge is 0.466 e. The van der Waals surface area contributed by atoms with Gasteiger partial charge in [0.2, 0.25) is 11.8 Å². The standard InChI is InChI=1S/C22H27BrN2O6/c1-2-30-21(29)15-16-20(28)25(9-6-10-26)18(22(16)11-14(23)17(15)31-22)19(27)24-12-13-7-4-3-5-8-13/h3-5,7-8,14-18,26H,2,6,9-12H2,1H3,(H,24,27)/t14?,15-,16-,17-,18?,22?/m0/s1. The first-order chi connectivity index (χ1) is 14.9. The Morgan fingerprint density at radius 3 is 2.77 bits per heavy atom. The minimum atomic E-state index is -1.09. The molecule has 8 nitrogen and oxygen atoms in total. The Labute approximate surface area is 189 Å². The zero-order valence-corrected chi connectivity index (χ0v) is 18.9. The number of fused-ring (bicyclic) bond motifs is 1. The molecule has 6 atom stereocenters. The van der Waals surface area contributed by atoms with Crippen molar-refractivity contribution >= 4 is 33.7 Å². The van der Waals surface area contributed by atoms with E-state index in [1.165, 1.54) is 4.90 Å². The van der Waals surface area contributed by atoms with E-state index in [4.69, 9.17) is 9.47 Å². The molecule has 2 amide bonds. The van der Waals surface area contributed by atoms with Crippen molar-refractivity contribution in [3.8, 4) is 0 Å². The van der Waals surface area contributed by atoms with E-state index in [9.17, 15) is 19.5 Å². The summed E-state index contributed by atoms with van der Waals surface area (Å²) < 4.78 is 11.6. The topological polar surface area (TPSA) is 105 Å². The summed E-state index contributed by atoms with van der Waals surface area (Å²) in [5.74, 6) is -2.59. The molecule has 168 valence electrons. The summed E-state index contributed by atoms with van der Waals surface area (Å²) in [6.07, 6.45) is 0.267. The number of amides is 2. The molecule has 0 aliphatic carbocycles. The molecule has 1 aromatic rings. The summed E-state index contributed by atoms with van der Waals surface area (Å²) in [7, 11) is 0. The van der Waals surface area contributed by atoms with Crippen molar-refractivity contribution < 1.29 is 29.0 Å². The van der Waals surface area contributed by atoms with Crippen molar-refractivity contribution in [3.63, 3.8) is 0 Å². The Morgan fingerprint density at radius 2 is 2.10 bits per heavy atom. The van der Waals surface area contributed by atoms with E-state index in [1.54, 1.807) is 6.92 Å². The van der Waals surface area contributed by atoms with Crippen molar-refractivity contribution in [2.45, 2.75) is 48.9 Å². The molecular weight excluding hydrogens is 468 g/mol. The van der Waals surface area contributed by atoms with Crippen LogP contribution < -0.4 is 5.32 Å². The number of carbonyl (C=O) groups is 3. The first-order valence-corrected chi connectivity index (χ1v) is 11.6. The number of alkyl halides is 1. The molecule has 3 heterocycles. The number of rotatable bonds is 8. The van der Waals surface area contributed by atoms with E-state index in [2.05, 4.69) is 21.2 Å². The molecule has 2 N–H and O–H groups in total. The van der Waals surface area contributed by atoms with Crippen LogP contribution in [0.15, 0.2) is 30.3 Å². The quantitative estimate of drug-likeness (QED) is 0.412. The van der Waals surface area contributed by atoms with Crippen LogP contribution in [0, 0.1) is 11.8 Å². The SMILES string of the molecule is CCOC(=O)[C@H]1[C@H]2C(=O)N(CCCO)C(C(=O)NCc3ccccc3)C23CC(Br)[C@@H]1O3. The van der Waals surface area contributed by atoms with Crippen LogP contribution in [0.4, 0.5) is 0 Å². The van der Waals surface area contributed by atoms with E-state index < -0.39 is 35.6 Å². The maximum atomic E-state index is 13.5. The fraction of sp³-hybridized carbons (Fsp3) is 0.591. The van der Waals surface area contributed by atoms with Gasteiger partial charge in [-0.15, -0.1) is 0 Å². The zero-order chi connectivity index (χ0) is 22.2. The Hall–Kier alpha value is -1.97. The number of nitrogens with zero attached hydrogens (tertiary/aromatic N) is 1. The average Bonchev–Trinajstić information content (AvgIpc) is 3.35. The summed E-state index contributed by atoms with van der Waals surface area (Å²) in [6.45, 7) is 2.36. The molecule has 1 aromatic carbocycles. The van der Waals surface area contributed by atoms with E-state index in [0.29, 0.717) is 19.4 Å². The van der Waals surface area contributed by atoms with Gasteiger partial charge in [-0.3, -0.25) is 14.4 Å². The second kappa shape index (κ2) is 8.88. The van der Waals surface area contributed by atoms with Gasteiger partial charge in [0.25, 0.3) is 0 Å². The third-order valence-corrected chi connectivity index (χ3v) is 7.31. The molecule has 0 radical (unpaired) electrons. The summed E-state index contributed by atoms with van der Waals surface area (Å²) in [4.78, 5) is 40.9. The van der Waals surface area contributed by atoms with Gasteiger partial charge in [0.1, 0.15) is 11.6 Å². The highest BCUT2D eigenvalue weighted by Crippen LogP contribution is 2.60. The average molecular weight is 495 g/mol. The van der Waals surface area contributed by atoms with Crippen LogP contribution >= 0.6 is 15.9 Å². The summed E-state index contributed by atoms with van der Waals surface area (Å²) in [6, 6.07) is 8.64. The highest BCUT2D eigenvalue weighted by atomic mass is 79.9. The van der Waals surface area contributed by atoms with Gasteiger partial charge in [0.05, 0.1) is 24.5 Å². The normalized spacial score (nSPS) is 33.5. The zero-order valence-electron chi connectivity index (χ0n) is 17.3. The fourth-order valence-electron chi connectivity index (χ4n) is 5.30. The first-order valence-electron chi connectivity index (χ1n) is 10.7. The number of nitrogens with one attached hydrogen (secondary N) is 1. The van der Waals surface area contributed by atoms with Gasteiger partial charge in [-0.2, -0.15) is 0 Å². The van der Waals surface area contributed by atoms with Crippen LogP contribution in [0.5, 0.6) is 0 Å². The number of hydrogen-bond acceptors (Lipinski definition) is 6. The second-order valence-electron chi connectivity index (χ2n) is 8.23. The van der Waals surface area contributed by atoms with Crippen molar-refractivity contribution in [1.82, 2.24) is 10.2 Å². The number of esters is 1. The highest BCUT2D eigenvalue weighted by molar-refractivity contribution is 9.09. The minimum absolute atomic E-state index is 0.105. The first kappa shape index (κ1) is 22.2. The fourth-order valence-corrected chi connectivity index (χ4v) is 6.24. The van der Waals surface area contributed by atoms with Gasteiger partial charge in [0.15, 0.2) is 0 Å². The molecule has 0 saturated carbocycles. The number of aliphatic hydroxyl groups excluding tert-OH is 1. The lowest BCUT2D eigenvalue weighted by Gasteiger charge is -2.34. The minimum Gasteiger partial charge on any atom is -0.466 e. The molecule has 31 heavy (non-hydrogen) atoms. The van der Waals surface area contributed by atoms with Gasteiger partial charge in [0, 0.05) is 24.5 Å². The van der Waals surface area contributed by atoms with Crippen LogP contribution in [-0.2, 0) is 30.4 Å². The Balaban J connectivity index is 1.64. The Bertz CT molecular complexity index is 852. The number of halogens is 1. The van der Waals surface area contributed by atoms with Gasteiger partial charge in [-0.1, -0.05) is 46.3 Å². The van der Waals surface area contributed by atoms with Crippen molar-refractivity contribution in [1.29, 1.82) is 0 Å². The summed E-state index contributed by atoms with van der Waals surface area (Å²) >= 11 is 3.60. The number of likely N-dealkylation sites (tertiary alicyclic amines) is 1. The third-order valence-electron chi connectivity index (χ3n) is 6.46. The molecule has 3 aliphatic rings. The monoisotopic (exact) mass is 494 g/mol. The van der Waals surface area contributed by atoms with Crippen LogP contribution in [0.3, 0.4) is 0 Å². The molecule has 9 heteroatoms. The number of benzene rings is 1. The lowest BCUT2D eigenvalue weighted by Crippen LogP contribution is -2.55. The maximum Gasteiger partial charge on any atom is 0.312 e. The van der Waals surface area contributed by atoms with Crippen LogP contribution in [0.25, 0.3) is 0 Å². The van der Waals surface area contributed by atoms with Crippen molar-refractivity contribution in [3.05, 3.63) is 35.9 Å². The van der Waals surface area contributed by atoms with Crippen LogP contribution in [-0.4, -0.2) is 70.1 Å². The molecule has 3 saturated heterocycles. The van der Waals surface area contributed by atoms with Gasteiger partial charge in [-0.05, 0) is 25.3 Å². The lowest BCUT2D eigenvalue weighted by molar-refractivity contribution is -0.154. The molecule has 2 bridgehead atoms. The van der Waals surface area contributed by atoms with Crippen molar-refractivity contribution in [2.75, 3.05) is 19.8 Å². The van der Waals surface area contributed by atoms with E-state index in [-0.39, 0.29) is 36.4 Å². The molecule has 0 aromatic heterocycles. The predicted molar refractivity (Wildman–Crippen MR) is 114 cm³/mol. The van der Waals surface area contributed by atoms with E-state index >= 15 is 0 Å². The number of carbonyl (C=O) groups excluding carboxylic acids is 3. The summed E-state index contributed by atoms with van der Waals surface area (Å²) in [5.41, 5.74) is -0.153. The van der Waals surface area contributed by atoms with E-state index in [0.717, 1.165) is 5.56 Å². The molecule has 4 rings (SSSR count). The second-order valence-corrected chi connectivity index (χ2v) is 9.40. The number of ether oxygens (including phenoxy) is 2. The van der Waals surface area contributed by atoms with Gasteiger partial charge < -0.3 is 24.8 Å². The van der Waals surface area contributed by atoms with Gasteiger partial charge >= 0.3 is 5.97 Å². The van der Waals surface area contributed by atoms with E-state index in [1.807, 2.05) is 30.3 Å². The Kier molecular flexibility index (Phi) is 6.37. The number of aliphatic hydroxyl groups is 1. The molecular formula is C22H27BrN2O6.